The molecule has 3 rings (SSSR count). The molecule has 0 spiro atoms. The molecule has 2 aliphatic rings. The second kappa shape index (κ2) is 4.89. The van der Waals surface area contributed by atoms with E-state index in [4.69, 9.17) is 4.74 Å². The molecule has 102 valence electrons. The maximum absolute atomic E-state index is 12.3. The molecule has 0 unspecified atom stereocenters. The first kappa shape index (κ1) is 12.5. The number of hydrogen-bond acceptors (Lipinski definition) is 4. The molecule has 3 atom stereocenters. The summed E-state index contributed by atoms with van der Waals surface area (Å²) in [4.78, 5) is 22.5. The molecular formula is C14H19N3O2. The molecule has 0 bridgehead atoms. The summed E-state index contributed by atoms with van der Waals surface area (Å²) >= 11 is 0. The van der Waals surface area contributed by atoms with Gasteiger partial charge in [-0.3, -0.25) is 9.78 Å². The standard InChI is InChI=1S/C14H19N3O2/c1-9-6-16-12(7-15-9)14(18)17-4-3-11-5-10(2)19-13(11)8-17/h6-7,10-11,13H,3-5,8H2,1-2H3/t10-,11-,13+/m1/s1. The Morgan fingerprint density at radius 2 is 2.26 bits per heavy atom. The Morgan fingerprint density at radius 1 is 1.42 bits per heavy atom. The van der Waals surface area contributed by atoms with Gasteiger partial charge in [0, 0.05) is 19.3 Å². The number of hydrogen-bond donors (Lipinski definition) is 0. The minimum absolute atomic E-state index is 0.0332. The molecular weight excluding hydrogens is 242 g/mol. The Balaban J connectivity index is 1.70. The number of nitrogens with zero attached hydrogens (tertiary/aromatic N) is 3. The lowest BCUT2D eigenvalue weighted by Crippen LogP contribution is -2.45. The number of likely N-dealkylation sites (tertiary alicyclic amines) is 1. The van der Waals surface area contributed by atoms with Crippen molar-refractivity contribution in [3.05, 3.63) is 23.8 Å². The lowest BCUT2D eigenvalue weighted by molar-refractivity contribution is 0.00136. The Bertz CT molecular complexity index is 474. The molecule has 5 heteroatoms. The van der Waals surface area contributed by atoms with E-state index in [-0.39, 0.29) is 12.0 Å². The lowest BCUT2D eigenvalue weighted by atomic mass is 9.92. The van der Waals surface area contributed by atoms with Crippen LogP contribution in [0.3, 0.4) is 0 Å². The van der Waals surface area contributed by atoms with Crippen LogP contribution in [0.4, 0.5) is 0 Å². The van der Waals surface area contributed by atoms with Crippen LogP contribution in [0.5, 0.6) is 0 Å². The zero-order valence-corrected chi connectivity index (χ0v) is 11.4. The van der Waals surface area contributed by atoms with Gasteiger partial charge in [-0.15, -0.1) is 0 Å². The molecule has 1 amide bonds. The SMILES string of the molecule is Cc1cnc(C(=O)N2CC[C@@H]3C[C@@H](C)O[C@H]3C2)cn1. The second-order valence-electron chi connectivity index (χ2n) is 5.56. The summed E-state index contributed by atoms with van der Waals surface area (Å²) in [6, 6.07) is 0. The van der Waals surface area contributed by atoms with E-state index < -0.39 is 0 Å². The first-order chi connectivity index (χ1) is 9.13. The summed E-state index contributed by atoms with van der Waals surface area (Å²) in [5, 5.41) is 0. The van der Waals surface area contributed by atoms with Crippen molar-refractivity contribution in [2.24, 2.45) is 5.92 Å². The second-order valence-corrected chi connectivity index (χ2v) is 5.56. The number of aryl methyl sites for hydroxylation is 1. The average Bonchev–Trinajstić information content (AvgIpc) is 2.77. The van der Waals surface area contributed by atoms with Crippen LogP contribution < -0.4 is 0 Å². The molecule has 2 aliphatic heterocycles. The number of rotatable bonds is 1. The molecule has 0 aliphatic carbocycles. The highest BCUT2D eigenvalue weighted by Gasteiger charge is 2.38. The maximum atomic E-state index is 12.3. The molecule has 3 heterocycles. The van der Waals surface area contributed by atoms with Crippen molar-refractivity contribution in [2.75, 3.05) is 13.1 Å². The van der Waals surface area contributed by atoms with E-state index in [1.165, 1.54) is 0 Å². The third kappa shape index (κ3) is 2.47. The highest BCUT2D eigenvalue weighted by Crippen LogP contribution is 2.33. The number of carbonyl (C=O) groups is 1. The van der Waals surface area contributed by atoms with Gasteiger partial charge in [-0.25, -0.2) is 4.98 Å². The number of amides is 1. The zero-order chi connectivity index (χ0) is 13.4. The van der Waals surface area contributed by atoms with Gasteiger partial charge in [0.05, 0.1) is 24.1 Å². The van der Waals surface area contributed by atoms with Gasteiger partial charge >= 0.3 is 0 Å². The first-order valence-electron chi connectivity index (χ1n) is 6.87. The highest BCUT2D eigenvalue weighted by molar-refractivity contribution is 5.92. The summed E-state index contributed by atoms with van der Waals surface area (Å²) in [5.41, 5.74) is 1.25. The van der Waals surface area contributed by atoms with Gasteiger partial charge in [0.15, 0.2) is 0 Å². The average molecular weight is 261 g/mol. The number of fused-ring (bicyclic) bond motifs is 1. The Morgan fingerprint density at radius 3 is 3.00 bits per heavy atom. The Hall–Kier alpha value is -1.49. The van der Waals surface area contributed by atoms with Crippen LogP contribution in [0.1, 0.15) is 35.9 Å². The van der Waals surface area contributed by atoms with Crippen LogP contribution >= 0.6 is 0 Å². The molecule has 2 saturated heterocycles. The molecule has 0 radical (unpaired) electrons. The largest absolute Gasteiger partial charge is 0.373 e. The molecule has 0 N–H and O–H groups in total. The van der Waals surface area contributed by atoms with Crippen LogP contribution in [0.25, 0.3) is 0 Å². The fraction of sp³-hybridized carbons (Fsp3) is 0.643. The predicted molar refractivity (Wildman–Crippen MR) is 69.7 cm³/mol. The monoisotopic (exact) mass is 261 g/mol. The maximum Gasteiger partial charge on any atom is 0.274 e. The molecule has 19 heavy (non-hydrogen) atoms. The normalized spacial score (nSPS) is 30.2. The van der Waals surface area contributed by atoms with Gasteiger partial charge in [-0.1, -0.05) is 0 Å². The van der Waals surface area contributed by atoms with Crippen LogP contribution in [-0.2, 0) is 4.74 Å². The quantitative estimate of drug-likeness (QED) is 0.767. The first-order valence-corrected chi connectivity index (χ1v) is 6.87. The minimum atomic E-state index is -0.0332. The molecule has 1 aromatic heterocycles. The lowest BCUT2D eigenvalue weighted by Gasteiger charge is -2.33. The number of piperidine rings is 1. The van der Waals surface area contributed by atoms with Crippen LogP contribution in [0, 0.1) is 12.8 Å². The van der Waals surface area contributed by atoms with Gasteiger partial charge in [0.1, 0.15) is 5.69 Å². The summed E-state index contributed by atoms with van der Waals surface area (Å²) in [6.07, 6.45) is 5.86. The molecule has 0 aromatic carbocycles. The molecule has 5 nitrogen and oxygen atoms in total. The smallest absolute Gasteiger partial charge is 0.274 e. The van der Waals surface area contributed by atoms with E-state index in [2.05, 4.69) is 16.9 Å². The van der Waals surface area contributed by atoms with Crippen molar-refractivity contribution >= 4 is 5.91 Å². The topological polar surface area (TPSA) is 55.3 Å². The Labute approximate surface area is 113 Å². The van der Waals surface area contributed by atoms with E-state index in [0.717, 1.165) is 25.1 Å². The summed E-state index contributed by atoms with van der Waals surface area (Å²) in [7, 11) is 0. The fourth-order valence-corrected chi connectivity index (χ4v) is 3.02. The van der Waals surface area contributed by atoms with Gasteiger partial charge in [-0.2, -0.15) is 0 Å². The van der Waals surface area contributed by atoms with E-state index in [1.807, 2.05) is 11.8 Å². The summed E-state index contributed by atoms with van der Waals surface area (Å²) < 4.78 is 5.87. The van der Waals surface area contributed by atoms with Crippen molar-refractivity contribution in [2.45, 2.75) is 38.9 Å². The molecule has 0 saturated carbocycles. The van der Waals surface area contributed by atoms with Gasteiger partial charge in [-0.05, 0) is 32.6 Å². The third-order valence-electron chi connectivity index (χ3n) is 4.02. The summed E-state index contributed by atoms with van der Waals surface area (Å²) in [5.74, 6) is 0.581. The summed E-state index contributed by atoms with van der Waals surface area (Å²) in [6.45, 7) is 5.45. The van der Waals surface area contributed by atoms with Crippen LogP contribution in [0.15, 0.2) is 12.4 Å². The van der Waals surface area contributed by atoms with Crippen molar-refractivity contribution < 1.29 is 9.53 Å². The van der Waals surface area contributed by atoms with Crippen molar-refractivity contribution in [1.29, 1.82) is 0 Å². The number of ether oxygens (including phenoxy) is 1. The fourth-order valence-electron chi connectivity index (χ4n) is 3.02. The van der Waals surface area contributed by atoms with Gasteiger partial charge < -0.3 is 9.64 Å². The zero-order valence-electron chi connectivity index (χ0n) is 11.4. The van der Waals surface area contributed by atoms with E-state index >= 15 is 0 Å². The van der Waals surface area contributed by atoms with Crippen LogP contribution in [-0.4, -0.2) is 46.1 Å². The van der Waals surface area contributed by atoms with Gasteiger partial charge in [0.2, 0.25) is 0 Å². The number of carbonyl (C=O) groups excluding carboxylic acids is 1. The van der Waals surface area contributed by atoms with Crippen molar-refractivity contribution in [1.82, 2.24) is 14.9 Å². The van der Waals surface area contributed by atoms with Crippen molar-refractivity contribution in [3.8, 4) is 0 Å². The molecule has 2 fully saturated rings. The van der Waals surface area contributed by atoms with Crippen LogP contribution in [0.2, 0.25) is 0 Å². The highest BCUT2D eigenvalue weighted by atomic mass is 16.5. The minimum Gasteiger partial charge on any atom is -0.373 e. The van der Waals surface area contributed by atoms with Crippen molar-refractivity contribution in [3.63, 3.8) is 0 Å². The Kier molecular flexibility index (Phi) is 3.22. The number of aromatic nitrogens is 2. The van der Waals surface area contributed by atoms with Gasteiger partial charge in [0.25, 0.3) is 5.91 Å². The van der Waals surface area contributed by atoms with E-state index in [1.54, 1.807) is 12.4 Å². The third-order valence-corrected chi connectivity index (χ3v) is 4.02. The van der Waals surface area contributed by atoms with E-state index in [9.17, 15) is 4.79 Å². The predicted octanol–water partition coefficient (Wildman–Crippen LogP) is 1.42. The van der Waals surface area contributed by atoms with E-state index in [0.29, 0.717) is 24.3 Å². The molecule has 1 aromatic rings.